The summed E-state index contributed by atoms with van der Waals surface area (Å²) in [5, 5.41) is 2.47. The Balaban J connectivity index is 1.67. The molecule has 184 valence electrons. The van der Waals surface area contributed by atoms with Gasteiger partial charge in [-0.1, -0.05) is 57.9 Å². The zero-order valence-electron chi connectivity index (χ0n) is 19.7. The Morgan fingerprint density at radius 3 is 2.53 bits per heavy atom. The van der Waals surface area contributed by atoms with Gasteiger partial charge in [0.2, 0.25) is 0 Å². The van der Waals surface area contributed by atoms with E-state index in [4.69, 9.17) is 21.1 Å². The van der Waals surface area contributed by atoms with Gasteiger partial charge < -0.3 is 9.47 Å². The van der Waals surface area contributed by atoms with Gasteiger partial charge in [0.25, 0.3) is 11.8 Å². The zero-order chi connectivity index (χ0) is 26.0. The molecule has 0 saturated carbocycles. The molecule has 4 rings (SSSR count). The number of barbiturate groups is 1. The van der Waals surface area contributed by atoms with E-state index in [0.29, 0.717) is 28.3 Å². The van der Waals surface area contributed by atoms with Crippen LogP contribution in [0.15, 0.2) is 64.6 Å². The fraction of sp³-hybridized carbons (Fsp3) is 0.148. The number of aryl methyl sites for hydroxylation is 2. The van der Waals surface area contributed by atoms with Crippen LogP contribution in [-0.4, -0.2) is 25.0 Å². The van der Waals surface area contributed by atoms with Gasteiger partial charge in [-0.2, -0.15) is 0 Å². The van der Waals surface area contributed by atoms with Crippen molar-refractivity contribution in [3.63, 3.8) is 0 Å². The summed E-state index contributed by atoms with van der Waals surface area (Å²) in [7, 11) is 1.47. The van der Waals surface area contributed by atoms with Crippen molar-refractivity contribution in [1.29, 1.82) is 0 Å². The first-order chi connectivity index (χ1) is 17.2. The molecule has 7 nitrogen and oxygen atoms in total. The maximum Gasteiger partial charge on any atom is 0.335 e. The number of nitrogens with one attached hydrogen (secondary N) is 1. The molecule has 0 aliphatic carbocycles. The Hall–Kier alpha value is -3.62. The van der Waals surface area contributed by atoms with Crippen LogP contribution < -0.4 is 19.7 Å². The summed E-state index contributed by atoms with van der Waals surface area (Å²) in [6.45, 7) is 3.88. The van der Waals surface area contributed by atoms with Gasteiger partial charge >= 0.3 is 6.03 Å². The third kappa shape index (κ3) is 5.15. The largest absolute Gasteiger partial charge is 0.493 e. The summed E-state index contributed by atoms with van der Waals surface area (Å²) in [6, 6.07) is 15.4. The molecular formula is C27H22BrClN2O5. The Labute approximate surface area is 221 Å². The van der Waals surface area contributed by atoms with Gasteiger partial charge in [0.1, 0.15) is 12.2 Å². The van der Waals surface area contributed by atoms with E-state index >= 15 is 0 Å². The number of anilines is 1. The van der Waals surface area contributed by atoms with Crippen molar-refractivity contribution in [2.75, 3.05) is 12.0 Å². The first kappa shape index (κ1) is 25.5. The van der Waals surface area contributed by atoms with Crippen molar-refractivity contribution in [2.45, 2.75) is 20.5 Å². The summed E-state index contributed by atoms with van der Waals surface area (Å²) in [5.41, 5.74) is 3.13. The number of imide groups is 2. The molecule has 1 aliphatic rings. The monoisotopic (exact) mass is 568 g/mol. The van der Waals surface area contributed by atoms with Gasteiger partial charge in [0.15, 0.2) is 11.5 Å². The highest BCUT2D eigenvalue weighted by molar-refractivity contribution is 9.10. The van der Waals surface area contributed by atoms with Crippen LogP contribution in [0.25, 0.3) is 6.08 Å². The average molecular weight is 570 g/mol. The van der Waals surface area contributed by atoms with Crippen LogP contribution in [-0.2, 0) is 16.2 Å². The van der Waals surface area contributed by atoms with Crippen LogP contribution in [0.2, 0.25) is 5.02 Å². The maximum absolute atomic E-state index is 13.3. The highest BCUT2D eigenvalue weighted by Gasteiger charge is 2.37. The van der Waals surface area contributed by atoms with Gasteiger partial charge in [0.05, 0.1) is 17.8 Å². The van der Waals surface area contributed by atoms with Crippen LogP contribution >= 0.6 is 27.5 Å². The van der Waals surface area contributed by atoms with E-state index in [1.807, 2.05) is 43.3 Å². The van der Waals surface area contributed by atoms with Gasteiger partial charge in [-0.25, -0.2) is 9.69 Å². The molecule has 1 fully saturated rings. The molecule has 0 bridgehead atoms. The quantitative estimate of drug-likeness (QED) is 0.292. The third-order valence-electron chi connectivity index (χ3n) is 5.60. The van der Waals surface area contributed by atoms with E-state index in [-0.39, 0.29) is 17.2 Å². The minimum atomic E-state index is -0.803. The smallest absolute Gasteiger partial charge is 0.335 e. The third-order valence-corrected chi connectivity index (χ3v) is 6.65. The summed E-state index contributed by atoms with van der Waals surface area (Å²) < 4.78 is 12.3. The molecule has 36 heavy (non-hydrogen) atoms. The van der Waals surface area contributed by atoms with Gasteiger partial charge in [0, 0.05) is 10.0 Å². The number of hydrogen-bond acceptors (Lipinski definition) is 5. The lowest BCUT2D eigenvalue weighted by atomic mass is 10.0. The molecule has 0 unspecified atom stereocenters. The van der Waals surface area contributed by atoms with Gasteiger partial charge in [-0.15, -0.1) is 0 Å². The van der Waals surface area contributed by atoms with Crippen molar-refractivity contribution >= 4 is 57.1 Å². The number of amides is 4. The zero-order valence-corrected chi connectivity index (χ0v) is 22.1. The second-order valence-electron chi connectivity index (χ2n) is 8.16. The van der Waals surface area contributed by atoms with E-state index in [1.165, 1.54) is 13.2 Å². The Morgan fingerprint density at radius 2 is 1.81 bits per heavy atom. The molecule has 1 saturated heterocycles. The summed E-state index contributed by atoms with van der Waals surface area (Å²) in [6.07, 6.45) is 1.37. The summed E-state index contributed by atoms with van der Waals surface area (Å²) >= 11 is 9.99. The number of urea groups is 1. The van der Waals surface area contributed by atoms with Crippen LogP contribution in [0.5, 0.6) is 11.5 Å². The second-order valence-corrected chi connectivity index (χ2v) is 9.42. The lowest BCUT2D eigenvalue weighted by molar-refractivity contribution is -0.122. The number of carbonyl (C=O) groups is 3. The molecule has 0 spiro atoms. The minimum Gasteiger partial charge on any atom is -0.493 e. The lowest BCUT2D eigenvalue weighted by Crippen LogP contribution is -2.54. The molecule has 9 heteroatoms. The van der Waals surface area contributed by atoms with Gasteiger partial charge in [-0.05, 0) is 60.9 Å². The molecule has 3 aromatic carbocycles. The number of rotatable bonds is 6. The molecule has 4 amide bonds. The molecule has 1 heterocycles. The standard InChI is InChI=1S/C27H22BrClN2O5/c1-15-8-9-16(2)22(10-15)31-26(33)19(25(32)30-27(31)34)11-17-12-21(29)24(23(13-17)35-3)36-14-18-6-4-5-7-20(18)28/h4-13H,14H2,1-3H3,(H,30,32,34)/b19-11+. The Bertz CT molecular complexity index is 1420. The highest BCUT2D eigenvalue weighted by atomic mass is 79.9. The van der Waals surface area contributed by atoms with Crippen molar-refractivity contribution in [3.05, 3.63) is 91.9 Å². The number of methoxy groups -OCH3 is 1. The Morgan fingerprint density at radius 1 is 1.06 bits per heavy atom. The van der Waals surface area contributed by atoms with Crippen molar-refractivity contribution < 1.29 is 23.9 Å². The fourth-order valence-electron chi connectivity index (χ4n) is 3.73. The molecule has 3 aromatic rings. The number of ether oxygens (including phenoxy) is 2. The van der Waals surface area contributed by atoms with Crippen LogP contribution in [0, 0.1) is 13.8 Å². The van der Waals surface area contributed by atoms with E-state index in [1.54, 1.807) is 25.1 Å². The van der Waals surface area contributed by atoms with E-state index in [9.17, 15) is 14.4 Å². The lowest BCUT2D eigenvalue weighted by Gasteiger charge is -2.27. The summed E-state index contributed by atoms with van der Waals surface area (Å²) in [5.74, 6) is -0.881. The SMILES string of the molecule is COc1cc(/C=C2\C(=O)NC(=O)N(c3cc(C)ccc3C)C2=O)cc(Cl)c1OCc1ccccc1Br. The summed E-state index contributed by atoms with van der Waals surface area (Å²) in [4.78, 5) is 39.4. The first-order valence-electron chi connectivity index (χ1n) is 10.9. The fourth-order valence-corrected chi connectivity index (χ4v) is 4.40. The molecule has 1 N–H and O–H groups in total. The van der Waals surface area contributed by atoms with Crippen LogP contribution in [0.3, 0.4) is 0 Å². The van der Waals surface area contributed by atoms with E-state index < -0.39 is 17.8 Å². The first-order valence-corrected chi connectivity index (χ1v) is 12.1. The van der Waals surface area contributed by atoms with E-state index in [0.717, 1.165) is 20.5 Å². The van der Waals surface area contributed by atoms with Crippen molar-refractivity contribution in [2.24, 2.45) is 0 Å². The van der Waals surface area contributed by atoms with Gasteiger partial charge in [-0.3, -0.25) is 14.9 Å². The minimum absolute atomic E-state index is 0.212. The van der Waals surface area contributed by atoms with Crippen LogP contribution in [0.1, 0.15) is 22.3 Å². The normalized spacial score (nSPS) is 14.8. The molecular weight excluding hydrogens is 548 g/mol. The topological polar surface area (TPSA) is 84.9 Å². The molecule has 1 aliphatic heterocycles. The van der Waals surface area contributed by atoms with E-state index in [2.05, 4.69) is 21.2 Å². The van der Waals surface area contributed by atoms with Crippen molar-refractivity contribution in [3.8, 4) is 11.5 Å². The number of halogens is 2. The molecule has 0 atom stereocenters. The van der Waals surface area contributed by atoms with Crippen LogP contribution in [0.4, 0.5) is 10.5 Å². The molecule has 0 aromatic heterocycles. The maximum atomic E-state index is 13.3. The number of nitrogens with zero attached hydrogens (tertiary/aromatic N) is 1. The highest BCUT2D eigenvalue weighted by Crippen LogP contribution is 2.38. The number of hydrogen-bond donors (Lipinski definition) is 1. The molecule has 0 radical (unpaired) electrons. The average Bonchev–Trinajstić information content (AvgIpc) is 2.83. The predicted molar refractivity (Wildman–Crippen MR) is 141 cm³/mol. The predicted octanol–water partition coefficient (Wildman–Crippen LogP) is 5.97. The second kappa shape index (κ2) is 10.6. The number of carbonyl (C=O) groups excluding carboxylic acids is 3. The Kier molecular flexibility index (Phi) is 7.47. The number of benzene rings is 3. The van der Waals surface area contributed by atoms with Crippen molar-refractivity contribution in [1.82, 2.24) is 5.32 Å².